The Morgan fingerprint density at radius 3 is 1.62 bits per heavy atom. The van der Waals surface area contributed by atoms with E-state index in [1.165, 1.54) is 16.7 Å². The minimum absolute atomic E-state index is 0.0475. The molecule has 1 heteroatoms. The van der Waals surface area contributed by atoms with E-state index < -0.39 is 0 Å². The summed E-state index contributed by atoms with van der Waals surface area (Å²) >= 11 is 6.32. The standard InChI is InChI=1S/C15H19Cl/c1-10(16)13-14(2,3)11-8-6-7-9-12(11)15(13,4)5/h6-9H,1-5H3. The maximum absolute atomic E-state index is 6.32. The molecular formula is C15H19Cl. The Bertz CT molecular complexity index is 423. The minimum atomic E-state index is 0.0475. The first-order chi connectivity index (χ1) is 7.29. The zero-order chi connectivity index (χ0) is 12.1. The largest absolute Gasteiger partial charge is 0.0894 e. The number of halogens is 1. The van der Waals surface area contributed by atoms with Crippen molar-refractivity contribution >= 4 is 11.6 Å². The molecule has 0 saturated carbocycles. The number of fused-ring (bicyclic) bond motifs is 1. The van der Waals surface area contributed by atoms with Crippen LogP contribution in [0.2, 0.25) is 0 Å². The van der Waals surface area contributed by atoms with Crippen LogP contribution in [-0.4, -0.2) is 0 Å². The first-order valence-electron chi connectivity index (χ1n) is 5.77. The number of benzene rings is 1. The van der Waals surface area contributed by atoms with Gasteiger partial charge in [0.1, 0.15) is 0 Å². The monoisotopic (exact) mass is 234 g/mol. The Hall–Kier alpha value is -0.750. The Kier molecular flexibility index (Phi) is 2.47. The molecule has 0 spiro atoms. The van der Waals surface area contributed by atoms with Crippen LogP contribution >= 0.6 is 11.6 Å². The van der Waals surface area contributed by atoms with Crippen LogP contribution in [0, 0.1) is 0 Å². The van der Waals surface area contributed by atoms with Gasteiger partial charge in [-0.15, -0.1) is 0 Å². The normalized spacial score (nSPS) is 20.8. The van der Waals surface area contributed by atoms with Crippen molar-refractivity contribution in [1.82, 2.24) is 0 Å². The highest BCUT2D eigenvalue weighted by atomic mass is 35.5. The van der Waals surface area contributed by atoms with Gasteiger partial charge < -0.3 is 0 Å². The van der Waals surface area contributed by atoms with Crippen LogP contribution in [0.4, 0.5) is 0 Å². The average Bonchev–Trinajstić information content (AvgIpc) is 2.31. The Balaban J connectivity index is 2.82. The first-order valence-corrected chi connectivity index (χ1v) is 6.14. The van der Waals surface area contributed by atoms with Gasteiger partial charge in [0.25, 0.3) is 0 Å². The SMILES string of the molecule is CC(Cl)=C1C(C)(C)c2ccccc2C1(C)C. The molecule has 0 nitrogen and oxygen atoms in total. The molecule has 0 N–H and O–H groups in total. The molecule has 0 amide bonds. The number of rotatable bonds is 0. The minimum Gasteiger partial charge on any atom is -0.0894 e. The second kappa shape index (κ2) is 3.37. The summed E-state index contributed by atoms with van der Waals surface area (Å²) in [5.41, 5.74) is 4.27. The topological polar surface area (TPSA) is 0 Å². The van der Waals surface area contributed by atoms with Gasteiger partial charge in [-0.3, -0.25) is 0 Å². The third kappa shape index (κ3) is 1.36. The fraction of sp³-hybridized carbons (Fsp3) is 0.467. The van der Waals surface area contributed by atoms with Gasteiger partial charge in [0.2, 0.25) is 0 Å². The molecule has 0 aliphatic heterocycles. The van der Waals surface area contributed by atoms with Crippen molar-refractivity contribution in [1.29, 1.82) is 0 Å². The second-order valence-corrected chi connectivity index (χ2v) is 6.27. The van der Waals surface area contributed by atoms with Crippen LogP contribution in [0.5, 0.6) is 0 Å². The summed E-state index contributed by atoms with van der Waals surface area (Å²) in [6, 6.07) is 8.68. The van der Waals surface area contributed by atoms with Crippen LogP contribution in [0.3, 0.4) is 0 Å². The molecule has 1 aromatic carbocycles. The Morgan fingerprint density at radius 1 is 0.938 bits per heavy atom. The van der Waals surface area contributed by atoms with Gasteiger partial charge in [-0.25, -0.2) is 0 Å². The zero-order valence-electron chi connectivity index (χ0n) is 10.7. The van der Waals surface area contributed by atoms with E-state index in [-0.39, 0.29) is 10.8 Å². The summed E-state index contributed by atoms with van der Waals surface area (Å²) in [6.45, 7) is 11.1. The lowest BCUT2D eigenvalue weighted by atomic mass is 9.75. The predicted molar refractivity (Wildman–Crippen MR) is 71.0 cm³/mol. The van der Waals surface area contributed by atoms with E-state index in [4.69, 9.17) is 11.6 Å². The second-order valence-electron chi connectivity index (χ2n) is 5.70. The lowest BCUT2D eigenvalue weighted by molar-refractivity contribution is 0.546. The molecule has 0 aromatic heterocycles. The molecule has 1 aliphatic rings. The van der Waals surface area contributed by atoms with E-state index in [0.29, 0.717) is 0 Å². The molecule has 0 atom stereocenters. The van der Waals surface area contributed by atoms with Gasteiger partial charge in [0.15, 0.2) is 0 Å². The van der Waals surface area contributed by atoms with Crippen molar-refractivity contribution in [2.24, 2.45) is 0 Å². The molecule has 0 fully saturated rings. The fourth-order valence-corrected chi connectivity index (χ4v) is 3.96. The summed E-state index contributed by atoms with van der Waals surface area (Å²) in [4.78, 5) is 0. The highest BCUT2D eigenvalue weighted by molar-refractivity contribution is 6.30. The fourth-order valence-electron chi connectivity index (χ4n) is 3.48. The smallest absolute Gasteiger partial charge is 0.0159 e. The van der Waals surface area contributed by atoms with E-state index in [1.807, 2.05) is 6.92 Å². The molecule has 1 aliphatic carbocycles. The van der Waals surface area contributed by atoms with Crippen molar-refractivity contribution in [2.75, 3.05) is 0 Å². The summed E-state index contributed by atoms with van der Waals surface area (Å²) < 4.78 is 0. The Labute approximate surface area is 103 Å². The van der Waals surface area contributed by atoms with Gasteiger partial charge >= 0.3 is 0 Å². The average molecular weight is 235 g/mol. The molecule has 0 heterocycles. The number of allylic oxidation sites excluding steroid dienone is 2. The van der Waals surface area contributed by atoms with E-state index in [1.54, 1.807) is 0 Å². The van der Waals surface area contributed by atoms with Crippen LogP contribution < -0.4 is 0 Å². The molecular weight excluding hydrogens is 216 g/mol. The third-order valence-electron chi connectivity index (χ3n) is 3.87. The van der Waals surface area contributed by atoms with Crippen LogP contribution in [-0.2, 0) is 10.8 Å². The molecule has 16 heavy (non-hydrogen) atoms. The summed E-state index contributed by atoms with van der Waals surface area (Å²) in [7, 11) is 0. The van der Waals surface area contributed by atoms with E-state index in [9.17, 15) is 0 Å². The molecule has 2 rings (SSSR count). The maximum atomic E-state index is 6.32. The van der Waals surface area contributed by atoms with E-state index >= 15 is 0 Å². The van der Waals surface area contributed by atoms with Gasteiger partial charge in [-0.1, -0.05) is 63.6 Å². The highest BCUT2D eigenvalue weighted by Crippen LogP contribution is 2.54. The lowest BCUT2D eigenvalue weighted by Crippen LogP contribution is -2.24. The van der Waals surface area contributed by atoms with Crippen molar-refractivity contribution in [3.8, 4) is 0 Å². The molecule has 0 radical (unpaired) electrons. The highest BCUT2D eigenvalue weighted by Gasteiger charge is 2.47. The first kappa shape index (κ1) is 11.7. The van der Waals surface area contributed by atoms with Gasteiger partial charge in [-0.2, -0.15) is 0 Å². The van der Waals surface area contributed by atoms with Crippen LogP contribution in [0.1, 0.15) is 45.7 Å². The number of hydrogen-bond acceptors (Lipinski definition) is 0. The molecule has 1 aromatic rings. The quantitative estimate of drug-likeness (QED) is 0.607. The van der Waals surface area contributed by atoms with Crippen LogP contribution in [0.15, 0.2) is 34.9 Å². The van der Waals surface area contributed by atoms with Crippen LogP contribution in [0.25, 0.3) is 0 Å². The molecule has 0 saturated heterocycles. The molecule has 0 bridgehead atoms. The van der Waals surface area contributed by atoms with Crippen molar-refractivity contribution in [2.45, 2.75) is 45.4 Å². The predicted octanol–water partition coefficient (Wildman–Crippen LogP) is 4.77. The van der Waals surface area contributed by atoms with E-state index in [2.05, 4.69) is 52.0 Å². The zero-order valence-corrected chi connectivity index (χ0v) is 11.4. The van der Waals surface area contributed by atoms with Crippen molar-refractivity contribution in [3.05, 3.63) is 46.0 Å². The van der Waals surface area contributed by atoms with Gasteiger partial charge in [0.05, 0.1) is 0 Å². The van der Waals surface area contributed by atoms with Gasteiger partial charge in [-0.05, 0) is 23.6 Å². The van der Waals surface area contributed by atoms with Crippen molar-refractivity contribution < 1.29 is 0 Å². The summed E-state index contributed by atoms with van der Waals surface area (Å²) in [5, 5.41) is 0.936. The van der Waals surface area contributed by atoms with E-state index in [0.717, 1.165) is 5.03 Å². The summed E-state index contributed by atoms with van der Waals surface area (Å²) in [6.07, 6.45) is 0. The number of hydrogen-bond donors (Lipinski definition) is 0. The van der Waals surface area contributed by atoms with Gasteiger partial charge in [0, 0.05) is 15.9 Å². The lowest BCUT2D eigenvalue weighted by Gasteiger charge is -2.29. The third-order valence-corrected chi connectivity index (χ3v) is 4.06. The van der Waals surface area contributed by atoms with Crippen molar-refractivity contribution in [3.63, 3.8) is 0 Å². The maximum Gasteiger partial charge on any atom is 0.0159 e. The Morgan fingerprint density at radius 2 is 1.31 bits per heavy atom. The molecule has 0 unspecified atom stereocenters. The molecule has 86 valence electrons. The summed E-state index contributed by atoms with van der Waals surface area (Å²) in [5.74, 6) is 0.